The number of aliphatic hydroxyl groups excluding tert-OH is 1. The Labute approximate surface area is 128 Å². The molecule has 1 atom stereocenters. The number of hydrogen-bond acceptors (Lipinski definition) is 4. The second kappa shape index (κ2) is 6.11. The van der Waals surface area contributed by atoms with Crippen molar-refractivity contribution < 1.29 is 5.11 Å². The molecular weight excluding hydrogens is 282 g/mol. The second-order valence-electron chi connectivity index (χ2n) is 4.76. The fraction of sp³-hybridized carbons (Fsp3) is 0.125. The average Bonchev–Trinajstić information content (AvgIpc) is 2.89. The van der Waals surface area contributed by atoms with Gasteiger partial charge in [-0.05, 0) is 11.1 Å². The Kier molecular flexibility index (Phi) is 4.03. The summed E-state index contributed by atoms with van der Waals surface area (Å²) in [5, 5.41) is 18.6. The van der Waals surface area contributed by atoms with E-state index in [1.54, 1.807) is 3.97 Å². The van der Waals surface area contributed by atoms with E-state index in [1.807, 2.05) is 60.7 Å². The van der Waals surface area contributed by atoms with Crippen molar-refractivity contribution in [1.82, 2.24) is 14.2 Å². The minimum atomic E-state index is -0.833. The molecule has 0 aliphatic carbocycles. The van der Waals surface area contributed by atoms with Gasteiger partial charge in [0.15, 0.2) is 5.82 Å². The molecule has 0 spiro atoms. The number of aliphatic hydroxyl groups is 1. The first kappa shape index (κ1) is 13.9. The van der Waals surface area contributed by atoms with E-state index in [4.69, 9.17) is 0 Å². The van der Waals surface area contributed by atoms with Gasteiger partial charge in [0.25, 0.3) is 0 Å². The molecule has 4 nitrogen and oxygen atoms in total. The van der Waals surface area contributed by atoms with Crippen LogP contribution in [-0.4, -0.2) is 19.3 Å². The summed E-state index contributed by atoms with van der Waals surface area (Å²) in [6, 6.07) is 19.3. The predicted octanol–water partition coefficient (Wildman–Crippen LogP) is 2.64. The lowest BCUT2D eigenvalue weighted by Gasteiger charge is -2.10. The van der Waals surface area contributed by atoms with Crippen LogP contribution in [0.1, 0.15) is 28.9 Å². The normalized spacial score (nSPS) is 12.3. The van der Waals surface area contributed by atoms with Crippen LogP contribution in [0.4, 0.5) is 0 Å². The Morgan fingerprint density at radius 3 is 2.24 bits per heavy atom. The van der Waals surface area contributed by atoms with E-state index in [2.05, 4.69) is 23.0 Å². The highest BCUT2D eigenvalue weighted by molar-refractivity contribution is 7.78. The lowest BCUT2D eigenvalue weighted by atomic mass is 10.1. The van der Waals surface area contributed by atoms with Gasteiger partial charge in [-0.2, -0.15) is 0 Å². The monoisotopic (exact) mass is 297 g/mol. The second-order valence-corrected chi connectivity index (χ2v) is 5.16. The fourth-order valence-electron chi connectivity index (χ4n) is 2.17. The summed E-state index contributed by atoms with van der Waals surface area (Å²) in [5.41, 5.74) is 1.90. The van der Waals surface area contributed by atoms with Crippen molar-refractivity contribution in [1.29, 1.82) is 0 Å². The molecule has 1 N–H and O–H groups in total. The highest BCUT2D eigenvalue weighted by atomic mass is 32.1. The zero-order valence-electron chi connectivity index (χ0n) is 11.3. The van der Waals surface area contributed by atoms with E-state index in [0.717, 1.165) is 11.1 Å². The van der Waals surface area contributed by atoms with Gasteiger partial charge in [-0.3, -0.25) is 3.97 Å². The molecule has 0 amide bonds. The van der Waals surface area contributed by atoms with E-state index in [-0.39, 0.29) is 0 Å². The Bertz CT molecular complexity index is 713. The Morgan fingerprint density at radius 2 is 1.57 bits per heavy atom. The molecule has 0 unspecified atom stereocenters. The third kappa shape index (κ3) is 2.99. The molecule has 0 radical (unpaired) electrons. The van der Waals surface area contributed by atoms with E-state index >= 15 is 0 Å². The minimum absolute atomic E-state index is 0.426. The molecule has 3 rings (SSSR count). The summed E-state index contributed by atoms with van der Waals surface area (Å²) in [5.74, 6) is 1.13. The third-order valence-corrected chi connectivity index (χ3v) is 3.73. The van der Waals surface area contributed by atoms with Gasteiger partial charge >= 0.3 is 0 Å². The van der Waals surface area contributed by atoms with Crippen LogP contribution >= 0.6 is 12.8 Å². The first-order valence-electron chi connectivity index (χ1n) is 6.66. The summed E-state index contributed by atoms with van der Waals surface area (Å²) in [7, 11) is 0. The quantitative estimate of drug-likeness (QED) is 0.728. The summed E-state index contributed by atoms with van der Waals surface area (Å²) in [4.78, 5) is 0. The Balaban J connectivity index is 1.86. The van der Waals surface area contributed by atoms with Gasteiger partial charge < -0.3 is 5.11 Å². The van der Waals surface area contributed by atoms with Crippen LogP contribution in [-0.2, 0) is 6.42 Å². The molecule has 0 saturated carbocycles. The van der Waals surface area contributed by atoms with Gasteiger partial charge in [0.05, 0.1) is 0 Å². The maximum atomic E-state index is 10.4. The first-order valence-corrected chi connectivity index (χ1v) is 7.06. The summed E-state index contributed by atoms with van der Waals surface area (Å²) in [6.07, 6.45) is -0.209. The molecule has 0 bridgehead atoms. The molecule has 2 aromatic carbocycles. The largest absolute Gasteiger partial charge is 0.380 e. The lowest BCUT2D eigenvalue weighted by Crippen LogP contribution is -2.06. The van der Waals surface area contributed by atoms with Crippen molar-refractivity contribution in [3.63, 3.8) is 0 Å². The summed E-state index contributed by atoms with van der Waals surface area (Å²) < 4.78 is 1.56. The van der Waals surface area contributed by atoms with Crippen LogP contribution in [0, 0.1) is 0 Å². The van der Waals surface area contributed by atoms with Crippen molar-refractivity contribution in [2.75, 3.05) is 0 Å². The van der Waals surface area contributed by atoms with Crippen LogP contribution in [0.2, 0.25) is 0 Å². The van der Waals surface area contributed by atoms with Crippen LogP contribution in [0.5, 0.6) is 0 Å². The molecule has 1 aromatic heterocycles. The molecule has 0 saturated heterocycles. The predicted molar refractivity (Wildman–Crippen MR) is 84.2 cm³/mol. The molecule has 0 aliphatic heterocycles. The van der Waals surface area contributed by atoms with Crippen molar-refractivity contribution in [2.24, 2.45) is 0 Å². The number of benzene rings is 2. The van der Waals surface area contributed by atoms with Crippen molar-refractivity contribution in [2.45, 2.75) is 12.5 Å². The standard InChI is InChI=1S/C16H15N3OS/c20-15(13-9-5-2-6-10-13)16-18-17-14(19(16)21)11-12-7-3-1-4-8-12/h1-10,15,20-21H,11H2/t15-/m0/s1. The van der Waals surface area contributed by atoms with Gasteiger partial charge in [0.1, 0.15) is 11.9 Å². The van der Waals surface area contributed by atoms with Crippen LogP contribution in [0.25, 0.3) is 0 Å². The van der Waals surface area contributed by atoms with Crippen LogP contribution in [0.15, 0.2) is 60.7 Å². The first-order chi connectivity index (χ1) is 10.3. The van der Waals surface area contributed by atoms with Crippen LogP contribution < -0.4 is 0 Å². The fourth-order valence-corrected chi connectivity index (χ4v) is 2.43. The third-order valence-electron chi connectivity index (χ3n) is 3.29. The van der Waals surface area contributed by atoms with Crippen LogP contribution in [0.3, 0.4) is 0 Å². The van der Waals surface area contributed by atoms with E-state index < -0.39 is 6.10 Å². The Morgan fingerprint density at radius 1 is 0.952 bits per heavy atom. The zero-order valence-corrected chi connectivity index (χ0v) is 12.2. The molecule has 0 fully saturated rings. The SMILES string of the molecule is O[C@@H](c1ccccc1)c1nnc(Cc2ccccc2)n1S. The van der Waals surface area contributed by atoms with Gasteiger partial charge in [0.2, 0.25) is 0 Å². The maximum absolute atomic E-state index is 10.4. The molecule has 5 heteroatoms. The molecule has 21 heavy (non-hydrogen) atoms. The van der Waals surface area contributed by atoms with Crippen molar-refractivity contribution in [3.05, 3.63) is 83.4 Å². The number of aromatic nitrogens is 3. The highest BCUT2D eigenvalue weighted by Crippen LogP contribution is 2.22. The van der Waals surface area contributed by atoms with Gasteiger partial charge in [0, 0.05) is 6.42 Å². The highest BCUT2D eigenvalue weighted by Gasteiger charge is 2.19. The van der Waals surface area contributed by atoms with E-state index in [0.29, 0.717) is 18.1 Å². The summed E-state index contributed by atoms with van der Waals surface area (Å²) >= 11 is 4.41. The Hall–Kier alpha value is -2.11. The number of thiol groups is 1. The molecule has 0 aliphatic rings. The number of rotatable bonds is 4. The molecule has 1 heterocycles. The maximum Gasteiger partial charge on any atom is 0.176 e. The van der Waals surface area contributed by atoms with Crippen molar-refractivity contribution >= 4 is 12.8 Å². The lowest BCUT2D eigenvalue weighted by molar-refractivity contribution is 0.209. The van der Waals surface area contributed by atoms with Gasteiger partial charge in [-0.1, -0.05) is 73.5 Å². The van der Waals surface area contributed by atoms with E-state index in [1.165, 1.54) is 0 Å². The minimum Gasteiger partial charge on any atom is -0.380 e. The van der Waals surface area contributed by atoms with Crippen molar-refractivity contribution in [3.8, 4) is 0 Å². The van der Waals surface area contributed by atoms with E-state index in [9.17, 15) is 5.11 Å². The van der Waals surface area contributed by atoms with Gasteiger partial charge in [-0.25, -0.2) is 0 Å². The average molecular weight is 297 g/mol. The smallest absolute Gasteiger partial charge is 0.176 e. The molecule has 106 valence electrons. The topological polar surface area (TPSA) is 50.9 Å². The number of nitrogens with zero attached hydrogens (tertiary/aromatic N) is 3. The summed E-state index contributed by atoms with van der Waals surface area (Å²) in [6.45, 7) is 0. The van der Waals surface area contributed by atoms with Gasteiger partial charge in [-0.15, -0.1) is 10.2 Å². The zero-order chi connectivity index (χ0) is 14.7. The number of hydrogen-bond donors (Lipinski definition) is 2. The molecule has 3 aromatic rings. The molecular formula is C16H15N3OS.